The monoisotopic (exact) mass is 515 g/mol. The van der Waals surface area contributed by atoms with E-state index in [-0.39, 0.29) is 12.8 Å². The van der Waals surface area contributed by atoms with Gasteiger partial charge >= 0.3 is 6.18 Å². The molecule has 5 rings (SSSR count). The molecule has 172 valence electrons. The lowest BCUT2D eigenvalue weighted by Gasteiger charge is -2.48. The molecule has 0 radical (unpaired) electrons. The minimum atomic E-state index is -4.20. The van der Waals surface area contributed by atoms with Gasteiger partial charge < -0.3 is 9.64 Å². The Labute approximate surface area is 200 Å². The average Bonchev–Trinajstić information content (AvgIpc) is 3.62. The fourth-order valence-electron chi connectivity index (χ4n) is 5.27. The van der Waals surface area contributed by atoms with E-state index >= 15 is 0 Å². The highest BCUT2D eigenvalue weighted by molar-refractivity contribution is 9.10. The number of nitrogens with zero attached hydrogens (tertiary/aromatic N) is 1. The third-order valence-electron chi connectivity index (χ3n) is 7.41. The van der Waals surface area contributed by atoms with Gasteiger partial charge in [0.25, 0.3) is 0 Å². The summed E-state index contributed by atoms with van der Waals surface area (Å²) >= 11 is 3.52. The quantitative estimate of drug-likeness (QED) is 0.359. The van der Waals surface area contributed by atoms with Crippen LogP contribution < -0.4 is 9.64 Å². The van der Waals surface area contributed by atoms with Crippen LogP contribution in [0.4, 0.5) is 18.9 Å². The number of rotatable bonds is 4. The second kappa shape index (κ2) is 7.79. The minimum Gasteiger partial charge on any atom is -0.497 e. The Morgan fingerprint density at radius 3 is 2.12 bits per heavy atom. The van der Waals surface area contributed by atoms with Gasteiger partial charge in [-0.2, -0.15) is 13.2 Å². The highest BCUT2D eigenvalue weighted by Gasteiger charge is 2.64. The number of ether oxygens (including phenoxy) is 1. The lowest BCUT2D eigenvalue weighted by atomic mass is 9.76. The molecule has 1 atom stereocenters. The molecule has 0 amide bonds. The van der Waals surface area contributed by atoms with Gasteiger partial charge in [-0.15, -0.1) is 0 Å². The first-order valence-corrected chi connectivity index (χ1v) is 11.9. The van der Waals surface area contributed by atoms with Crippen LogP contribution in [0.15, 0.2) is 71.2 Å². The van der Waals surface area contributed by atoms with E-state index in [9.17, 15) is 13.2 Å². The summed E-state index contributed by atoms with van der Waals surface area (Å²) in [6.45, 7) is 2.93. The molecule has 6 heteroatoms. The van der Waals surface area contributed by atoms with Crippen LogP contribution in [0.2, 0.25) is 0 Å². The first-order chi connectivity index (χ1) is 15.7. The van der Waals surface area contributed by atoms with E-state index in [0.29, 0.717) is 5.56 Å². The van der Waals surface area contributed by atoms with Gasteiger partial charge in [0.2, 0.25) is 0 Å². The van der Waals surface area contributed by atoms with E-state index in [0.717, 1.165) is 34.4 Å². The smallest absolute Gasteiger partial charge is 0.398 e. The van der Waals surface area contributed by atoms with Crippen molar-refractivity contribution in [2.24, 2.45) is 0 Å². The van der Waals surface area contributed by atoms with Crippen molar-refractivity contribution in [3.8, 4) is 5.75 Å². The average molecular weight is 516 g/mol. The molecule has 1 aliphatic carbocycles. The predicted molar refractivity (Wildman–Crippen MR) is 128 cm³/mol. The van der Waals surface area contributed by atoms with Gasteiger partial charge in [-0.3, -0.25) is 0 Å². The Bertz CT molecular complexity index is 1170. The first-order valence-electron chi connectivity index (χ1n) is 11.1. The molecule has 0 aromatic heterocycles. The van der Waals surface area contributed by atoms with Crippen molar-refractivity contribution < 1.29 is 17.9 Å². The van der Waals surface area contributed by atoms with Crippen LogP contribution in [0.1, 0.15) is 42.0 Å². The molecular weight excluding hydrogens is 491 g/mol. The zero-order valence-electron chi connectivity index (χ0n) is 18.5. The van der Waals surface area contributed by atoms with Gasteiger partial charge in [-0.1, -0.05) is 46.3 Å². The zero-order valence-corrected chi connectivity index (χ0v) is 20.1. The molecule has 3 aromatic rings. The zero-order chi connectivity index (χ0) is 23.4. The van der Waals surface area contributed by atoms with Crippen molar-refractivity contribution in [3.05, 3.63) is 93.5 Å². The van der Waals surface area contributed by atoms with E-state index in [1.54, 1.807) is 19.2 Å². The van der Waals surface area contributed by atoms with Gasteiger partial charge in [0.15, 0.2) is 0 Å². The molecule has 0 N–H and O–H groups in total. The van der Waals surface area contributed by atoms with Gasteiger partial charge in [0.1, 0.15) is 5.75 Å². The highest BCUT2D eigenvalue weighted by Crippen LogP contribution is 2.59. The standard InChI is InChI=1S/C27H25BrF3NO/c1-25(19-3-7-21(28)8-4-19)24-12-11-23(33-2)17-18(24)13-16-32(25)22-9-5-20(6-10-22)26(14-15-26)27(29,30)31/h3-12,17H,13-16H2,1-2H3. The third kappa shape index (κ3) is 3.54. The molecule has 33 heavy (non-hydrogen) atoms. The molecule has 3 aromatic carbocycles. The van der Waals surface area contributed by atoms with Crippen LogP contribution in [0.5, 0.6) is 5.75 Å². The molecule has 2 nitrogen and oxygen atoms in total. The Kier molecular flexibility index (Phi) is 5.27. The molecule has 1 heterocycles. The van der Waals surface area contributed by atoms with E-state index in [4.69, 9.17) is 4.74 Å². The number of fused-ring (bicyclic) bond motifs is 1. The molecule has 0 bridgehead atoms. The lowest BCUT2D eigenvalue weighted by molar-refractivity contribution is -0.160. The summed E-state index contributed by atoms with van der Waals surface area (Å²) in [5.41, 5.74) is 2.66. The van der Waals surface area contributed by atoms with Gasteiger partial charge in [-0.05, 0) is 84.8 Å². The minimum absolute atomic E-state index is 0.172. The number of hydrogen-bond acceptors (Lipinski definition) is 2. The number of hydrogen-bond donors (Lipinski definition) is 0. The summed E-state index contributed by atoms with van der Waals surface area (Å²) in [5, 5.41) is 0. The number of anilines is 1. The molecule has 0 spiro atoms. The van der Waals surface area contributed by atoms with Gasteiger partial charge in [0, 0.05) is 16.7 Å². The number of halogens is 4. The Morgan fingerprint density at radius 1 is 0.909 bits per heavy atom. The molecule has 1 saturated carbocycles. The summed E-state index contributed by atoms with van der Waals surface area (Å²) in [6, 6.07) is 21.5. The SMILES string of the molecule is COc1ccc2c(c1)CCN(c1ccc(C3(C(F)(F)F)CC3)cc1)C2(C)c1ccc(Br)cc1. The Hall–Kier alpha value is -2.47. The van der Waals surface area contributed by atoms with Crippen LogP contribution >= 0.6 is 15.9 Å². The van der Waals surface area contributed by atoms with Crippen molar-refractivity contribution >= 4 is 21.6 Å². The summed E-state index contributed by atoms with van der Waals surface area (Å²) in [4.78, 5) is 2.31. The molecule has 0 saturated heterocycles. The summed E-state index contributed by atoms with van der Waals surface area (Å²) in [5.74, 6) is 0.826. The van der Waals surface area contributed by atoms with E-state index in [2.05, 4.69) is 52.0 Å². The van der Waals surface area contributed by atoms with E-state index < -0.39 is 17.1 Å². The van der Waals surface area contributed by atoms with Crippen molar-refractivity contribution in [1.82, 2.24) is 0 Å². The fraction of sp³-hybridized carbons (Fsp3) is 0.333. The second-order valence-electron chi connectivity index (χ2n) is 9.13. The number of benzene rings is 3. The van der Waals surface area contributed by atoms with Crippen molar-refractivity contribution in [2.45, 2.75) is 43.3 Å². The second-order valence-corrected chi connectivity index (χ2v) is 10.0. The summed E-state index contributed by atoms with van der Waals surface area (Å²) < 4.78 is 47.3. The lowest BCUT2D eigenvalue weighted by Crippen LogP contribution is -2.49. The predicted octanol–water partition coefficient (Wildman–Crippen LogP) is 7.38. The Morgan fingerprint density at radius 2 is 1.55 bits per heavy atom. The van der Waals surface area contributed by atoms with Crippen molar-refractivity contribution in [1.29, 1.82) is 0 Å². The third-order valence-corrected chi connectivity index (χ3v) is 7.94. The maximum Gasteiger partial charge on any atom is 0.398 e. The molecule has 1 aliphatic heterocycles. The molecule has 1 unspecified atom stereocenters. The van der Waals surface area contributed by atoms with Gasteiger partial charge in [-0.25, -0.2) is 0 Å². The topological polar surface area (TPSA) is 12.5 Å². The van der Waals surface area contributed by atoms with Crippen LogP contribution in [-0.2, 0) is 17.4 Å². The highest BCUT2D eigenvalue weighted by atomic mass is 79.9. The van der Waals surface area contributed by atoms with Crippen LogP contribution in [0.25, 0.3) is 0 Å². The van der Waals surface area contributed by atoms with Crippen LogP contribution in [-0.4, -0.2) is 19.8 Å². The summed E-state index contributed by atoms with van der Waals surface area (Å²) in [6.07, 6.45) is -3.03. The number of alkyl halides is 3. The normalized spacial score (nSPS) is 21.5. The maximum atomic E-state index is 13.6. The Balaban J connectivity index is 1.59. The van der Waals surface area contributed by atoms with Crippen LogP contribution in [0.3, 0.4) is 0 Å². The first kappa shape index (κ1) is 22.3. The van der Waals surface area contributed by atoms with E-state index in [1.165, 1.54) is 11.1 Å². The fourth-order valence-corrected chi connectivity index (χ4v) is 5.54. The molecular formula is C27H25BrF3NO. The molecule has 2 aliphatic rings. The number of methoxy groups -OCH3 is 1. The maximum absolute atomic E-state index is 13.6. The van der Waals surface area contributed by atoms with Crippen molar-refractivity contribution in [2.75, 3.05) is 18.6 Å². The molecule has 1 fully saturated rings. The largest absolute Gasteiger partial charge is 0.497 e. The van der Waals surface area contributed by atoms with Gasteiger partial charge in [0.05, 0.1) is 18.1 Å². The van der Waals surface area contributed by atoms with E-state index in [1.807, 2.05) is 30.3 Å². The van der Waals surface area contributed by atoms with Crippen LogP contribution in [0, 0.1) is 0 Å². The van der Waals surface area contributed by atoms with Crippen molar-refractivity contribution in [3.63, 3.8) is 0 Å². The summed E-state index contributed by atoms with van der Waals surface area (Å²) in [7, 11) is 1.67.